The van der Waals surface area contributed by atoms with E-state index in [1.54, 1.807) is 6.33 Å². The van der Waals surface area contributed by atoms with E-state index >= 15 is 0 Å². The fraction of sp³-hybridized carbons (Fsp3) is 0.533. The molecule has 2 aromatic rings. The minimum Gasteiger partial charge on any atom is -0.345 e. The predicted molar refractivity (Wildman–Crippen MR) is 78.1 cm³/mol. The van der Waals surface area contributed by atoms with E-state index in [9.17, 15) is 0 Å². The molecule has 0 aliphatic carbocycles. The Kier molecular flexibility index (Phi) is 4.10. The third-order valence-electron chi connectivity index (χ3n) is 3.87. The van der Waals surface area contributed by atoms with E-state index < -0.39 is 0 Å². The summed E-state index contributed by atoms with van der Waals surface area (Å²) in [7, 11) is 0. The topological polar surface area (TPSA) is 44.0 Å². The Hall–Kier alpha value is -1.39. The maximum absolute atomic E-state index is 4.23. The van der Waals surface area contributed by atoms with Gasteiger partial charge in [0.1, 0.15) is 0 Å². The van der Waals surface area contributed by atoms with Gasteiger partial charge in [-0.25, -0.2) is 4.98 Å². The molecule has 0 saturated carbocycles. The molecule has 1 aromatic heterocycles. The number of aromatic amines is 1. The Bertz CT molecular complexity index is 514. The SMILES string of the molecule is c1nc2ccc(CNCCN3CCCCC3)cc2[nH]1. The van der Waals surface area contributed by atoms with Crippen molar-refractivity contribution < 1.29 is 0 Å². The van der Waals surface area contributed by atoms with Crippen LogP contribution in [-0.2, 0) is 6.54 Å². The molecule has 0 spiro atoms. The molecule has 1 aliphatic heterocycles. The van der Waals surface area contributed by atoms with Gasteiger partial charge in [0, 0.05) is 19.6 Å². The minimum atomic E-state index is 0.933. The quantitative estimate of drug-likeness (QED) is 0.808. The van der Waals surface area contributed by atoms with E-state index in [-0.39, 0.29) is 0 Å². The van der Waals surface area contributed by atoms with Crippen LogP contribution in [0, 0.1) is 0 Å². The number of hydrogen-bond acceptors (Lipinski definition) is 3. The van der Waals surface area contributed by atoms with E-state index in [0.29, 0.717) is 0 Å². The second-order valence-electron chi connectivity index (χ2n) is 5.33. The Morgan fingerprint density at radius 2 is 2.11 bits per heavy atom. The second kappa shape index (κ2) is 6.17. The lowest BCUT2D eigenvalue weighted by Crippen LogP contribution is -2.35. The van der Waals surface area contributed by atoms with E-state index in [2.05, 4.69) is 38.4 Å². The number of fused-ring (bicyclic) bond motifs is 1. The van der Waals surface area contributed by atoms with Gasteiger partial charge in [0.05, 0.1) is 17.4 Å². The van der Waals surface area contributed by atoms with Crippen molar-refractivity contribution in [1.82, 2.24) is 20.2 Å². The summed E-state index contributed by atoms with van der Waals surface area (Å²) >= 11 is 0. The molecule has 0 radical (unpaired) electrons. The van der Waals surface area contributed by atoms with Gasteiger partial charge in [0.2, 0.25) is 0 Å². The van der Waals surface area contributed by atoms with Gasteiger partial charge in [-0.15, -0.1) is 0 Å². The molecule has 0 bridgehead atoms. The minimum absolute atomic E-state index is 0.933. The Morgan fingerprint density at radius 3 is 3.00 bits per heavy atom. The maximum Gasteiger partial charge on any atom is 0.0931 e. The highest BCUT2D eigenvalue weighted by Gasteiger charge is 2.08. The van der Waals surface area contributed by atoms with E-state index in [1.165, 1.54) is 44.5 Å². The summed E-state index contributed by atoms with van der Waals surface area (Å²) in [6, 6.07) is 6.40. The Balaban J connectivity index is 1.43. The van der Waals surface area contributed by atoms with Crippen LogP contribution in [0.2, 0.25) is 0 Å². The first-order valence-electron chi connectivity index (χ1n) is 7.27. The van der Waals surface area contributed by atoms with Crippen LogP contribution in [0.3, 0.4) is 0 Å². The Labute approximate surface area is 114 Å². The smallest absolute Gasteiger partial charge is 0.0931 e. The normalized spacial score (nSPS) is 17.1. The molecular formula is C15H22N4. The summed E-state index contributed by atoms with van der Waals surface area (Å²) in [5.41, 5.74) is 3.47. The number of benzene rings is 1. The van der Waals surface area contributed by atoms with Crippen LogP contribution in [0.15, 0.2) is 24.5 Å². The molecule has 1 aromatic carbocycles. The van der Waals surface area contributed by atoms with Gasteiger partial charge >= 0.3 is 0 Å². The van der Waals surface area contributed by atoms with Crippen LogP contribution in [0.4, 0.5) is 0 Å². The van der Waals surface area contributed by atoms with Crippen LogP contribution in [0.1, 0.15) is 24.8 Å². The zero-order valence-electron chi connectivity index (χ0n) is 11.4. The third kappa shape index (κ3) is 3.33. The largest absolute Gasteiger partial charge is 0.345 e. The predicted octanol–water partition coefficient (Wildman–Crippen LogP) is 2.14. The summed E-state index contributed by atoms with van der Waals surface area (Å²) in [6.07, 6.45) is 5.90. The first kappa shape index (κ1) is 12.6. The number of imidazole rings is 1. The molecule has 3 rings (SSSR count). The average molecular weight is 258 g/mol. The van der Waals surface area contributed by atoms with E-state index in [4.69, 9.17) is 0 Å². The van der Waals surface area contributed by atoms with Gasteiger partial charge in [-0.05, 0) is 43.6 Å². The molecule has 4 heteroatoms. The molecule has 4 nitrogen and oxygen atoms in total. The van der Waals surface area contributed by atoms with Crippen molar-refractivity contribution in [3.8, 4) is 0 Å². The number of hydrogen-bond donors (Lipinski definition) is 2. The highest BCUT2D eigenvalue weighted by atomic mass is 15.1. The van der Waals surface area contributed by atoms with Crippen molar-refractivity contribution in [2.75, 3.05) is 26.2 Å². The lowest BCUT2D eigenvalue weighted by atomic mass is 10.1. The molecular weight excluding hydrogens is 236 g/mol. The highest BCUT2D eigenvalue weighted by molar-refractivity contribution is 5.74. The molecule has 102 valence electrons. The maximum atomic E-state index is 4.23. The zero-order chi connectivity index (χ0) is 12.9. The first-order valence-corrected chi connectivity index (χ1v) is 7.27. The summed E-state index contributed by atoms with van der Waals surface area (Å²) in [6.45, 7) is 5.74. The van der Waals surface area contributed by atoms with Crippen LogP contribution in [0.5, 0.6) is 0 Å². The standard InChI is InChI=1S/C15H22N4/c1-2-7-19(8-3-1)9-6-16-11-13-4-5-14-15(10-13)18-12-17-14/h4-5,10,12,16H,1-3,6-9,11H2,(H,17,18). The molecule has 0 unspecified atom stereocenters. The molecule has 0 amide bonds. The van der Waals surface area contributed by atoms with Crippen molar-refractivity contribution in [2.45, 2.75) is 25.8 Å². The highest BCUT2D eigenvalue weighted by Crippen LogP contribution is 2.11. The number of H-pyrrole nitrogens is 1. The van der Waals surface area contributed by atoms with Crippen molar-refractivity contribution in [1.29, 1.82) is 0 Å². The number of nitrogens with one attached hydrogen (secondary N) is 2. The number of piperidine rings is 1. The van der Waals surface area contributed by atoms with Crippen LogP contribution < -0.4 is 5.32 Å². The van der Waals surface area contributed by atoms with Gasteiger partial charge in [-0.2, -0.15) is 0 Å². The van der Waals surface area contributed by atoms with E-state index in [1.807, 2.05) is 0 Å². The molecule has 0 atom stereocenters. The first-order chi connectivity index (χ1) is 9.42. The van der Waals surface area contributed by atoms with Crippen molar-refractivity contribution in [3.63, 3.8) is 0 Å². The van der Waals surface area contributed by atoms with Crippen molar-refractivity contribution >= 4 is 11.0 Å². The van der Waals surface area contributed by atoms with Crippen molar-refractivity contribution in [2.24, 2.45) is 0 Å². The molecule has 1 fully saturated rings. The summed E-state index contributed by atoms with van der Waals surface area (Å²) in [4.78, 5) is 9.95. The summed E-state index contributed by atoms with van der Waals surface area (Å²) in [5, 5.41) is 3.53. The lowest BCUT2D eigenvalue weighted by Gasteiger charge is -2.26. The number of aromatic nitrogens is 2. The van der Waals surface area contributed by atoms with Gasteiger partial charge in [0.15, 0.2) is 0 Å². The van der Waals surface area contributed by atoms with Gasteiger partial charge in [-0.1, -0.05) is 12.5 Å². The third-order valence-corrected chi connectivity index (χ3v) is 3.87. The van der Waals surface area contributed by atoms with Gasteiger partial charge in [-0.3, -0.25) is 0 Å². The number of rotatable bonds is 5. The fourth-order valence-corrected chi connectivity index (χ4v) is 2.75. The second-order valence-corrected chi connectivity index (χ2v) is 5.33. The molecule has 2 heterocycles. The van der Waals surface area contributed by atoms with Gasteiger partial charge in [0.25, 0.3) is 0 Å². The Morgan fingerprint density at radius 1 is 1.21 bits per heavy atom. The molecule has 1 aliphatic rings. The van der Waals surface area contributed by atoms with Crippen LogP contribution in [-0.4, -0.2) is 41.0 Å². The fourth-order valence-electron chi connectivity index (χ4n) is 2.75. The molecule has 19 heavy (non-hydrogen) atoms. The monoisotopic (exact) mass is 258 g/mol. The van der Waals surface area contributed by atoms with Crippen LogP contribution >= 0.6 is 0 Å². The van der Waals surface area contributed by atoms with Gasteiger partial charge < -0.3 is 15.2 Å². The lowest BCUT2D eigenvalue weighted by molar-refractivity contribution is 0.229. The number of nitrogens with zero attached hydrogens (tertiary/aromatic N) is 2. The number of likely N-dealkylation sites (tertiary alicyclic amines) is 1. The molecule has 1 saturated heterocycles. The zero-order valence-corrected chi connectivity index (χ0v) is 11.4. The molecule has 2 N–H and O–H groups in total. The van der Waals surface area contributed by atoms with Crippen LogP contribution in [0.25, 0.3) is 11.0 Å². The summed E-state index contributed by atoms with van der Waals surface area (Å²) < 4.78 is 0. The van der Waals surface area contributed by atoms with Crippen molar-refractivity contribution in [3.05, 3.63) is 30.1 Å². The summed E-state index contributed by atoms with van der Waals surface area (Å²) in [5.74, 6) is 0. The van der Waals surface area contributed by atoms with E-state index in [0.717, 1.165) is 24.1 Å². The average Bonchev–Trinajstić information content (AvgIpc) is 2.92.